The van der Waals surface area contributed by atoms with Gasteiger partial charge in [0.15, 0.2) is 0 Å². The van der Waals surface area contributed by atoms with Gasteiger partial charge in [0.05, 0.1) is 12.5 Å². The third kappa shape index (κ3) is 11.3. The molecule has 4 nitrogen and oxygen atoms in total. The van der Waals surface area contributed by atoms with Gasteiger partial charge in [-0.15, -0.1) is 0 Å². The van der Waals surface area contributed by atoms with E-state index < -0.39 is 5.92 Å². The number of aliphatic hydroxyl groups excluding tert-OH is 1. The first-order chi connectivity index (χ1) is 13.2. The topological polar surface area (TPSA) is 66.4 Å². The predicted molar refractivity (Wildman–Crippen MR) is 111 cm³/mol. The monoisotopic (exact) mass is 379 g/mol. The molecule has 0 radical (unpaired) electrons. The average Bonchev–Trinajstić information content (AvgIpc) is 2.99. The molecule has 1 aliphatic heterocycles. The third-order valence-corrected chi connectivity index (χ3v) is 5.56. The number of hydrogen-bond acceptors (Lipinski definition) is 3. The van der Waals surface area contributed by atoms with E-state index in [0.717, 1.165) is 12.8 Å². The summed E-state index contributed by atoms with van der Waals surface area (Å²) in [5.74, 6) is -0.948. The van der Waals surface area contributed by atoms with Crippen LogP contribution >= 0.6 is 0 Å². The van der Waals surface area contributed by atoms with E-state index in [1.165, 1.54) is 83.5 Å². The van der Waals surface area contributed by atoms with Gasteiger partial charge < -0.3 is 5.11 Å². The smallest absolute Gasteiger partial charge is 0.234 e. The van der Waals surface area contributed by atoms with Crippen LogP contribution in [0.4, 0.5) is 0 Å². The quantitative estimate of drug-likeness (QED) is 0.201. The molecule has 1 rings (SSSR count). The highest BCUT2D eigenvalue weighted by atomic mass is 16.3. The lowest BCUT2D eigenvalue weighted by atomic mass is 9.96. The van der Waals surface area contributed by atoms with Crippen LogP contribution in [-0.4, -0.2) is 23.5 Å². The van der Waals surface area contributed by atoms with Crippen molar-refractivity contribution in [2.24, 2.45) is 5.92 Å². The Kier molecular flexibility index (Phi) is 14.0. The fourth-order valence-electron chi connectivity index (χ4n) is 3.80. The molecule has 1 aliphatic rings. The molecule has 0 aromatic rings. The number of carbonyl (C=O) groups excluding carboxylic acids is 2. The maximum atomic E-state index is 11.7. The minimum atomic E-state index is -0.450. The lowest BCUT2D eigenvalue weighted by molar-refractivity contribution is -0.125. The molecule has 0 aromatic carbocycles. The van der Waals surface area contributed by atoms with E-state index >= 15 is 0 Å². The molecule has 1 atom stereocenters. The zero-order valence-corrected chi connectivity index (χ0v) is 17.4. The predicted octanol–water partition coefficient (Wildman–Crippen LogP) is 5.44. The maximum Gasteiger partial charge on any atom is 0.234 e. The highest BCUT2D eigenvalue weighted by molar-refractivity contribution is 6.04. The molecule has 0 saturated carbocycles. The molecule has 1 heterocycles. The number of hydrogen-bond donors (Lipinski definition) is 2. The normalized spacial score (nSPS) is 17.6. The highest BCUT2D eigenvalue weighted by Crippen LogP contribution is 2.21. The molecule has 0 aromatic heterocycles. The van der Waals surface area contributed by atoms with Crippen molar-refractivity contribution in [3.63, 3.8) is 0 Å². The van der Waals surface area contributed by atoms with Crippen LogP contribution in [0.15, 0.2) is 11.6 Å². The van der Waals surface area contributed by atoms with Crippen LogP contribution in [0.3, 0.4) is 0 Å². The molecule has 1 unspecified atom stereocenters. The Morgan fingerprint density at radius 3 is 1.78 bits per heavy atom. The molecule has 0 bridgehead atoms. The first-order valence-corrected chi connectivity index (χ1v) is 11.3. The second kappa shape index (κ2) is 15.9. The van der Waals surface area contributed by atoms with Crippen LogP contribution in [0.1, 0.15) is 110 Å². The van der Waals surface area contributed by atoms with Crippen molar-refractivity contribution in [1.29, 1.82) is 0 Å². The first kappa shape index (κ1) is 23.9. The Bertz CT molecular complexity index is 445. The van der Waals surface area contributed by atoms with Crippen LogP contribution in [0.2, 0.25) is 0 Å². The van der Waals surface area contributed by atoms with Gasteiger partial charge in [0.2, 0.25) is 11.8 Å². The molecular formula is C23H41NO3. The van der Waals surface area contributed by atoms with Crippen molar-refractivity contribution in [3.8, 4) is 0 Å². The highest BCUT2D eigenvalue weighted by Gasteiger charge is 2.32. The van der Waals surface area contributed by atoms with E-state index in [4.69, 9.17) is 0 Å². The summed E-state index contributed by atoms with van der Waals surface area (Å²) in [5, 5.41) is 11.8. The summed E-state index contributed by atoms with van der Waals surface area (Å²) in [4.78, 5) is 22.9. The summed E-state index contributed by atoms with van der Waals surface area (Å²) < 4.78 is 0. The molecule has 2 amide bonds. The average molecular weight is 380 g/mol. The van der Waals surface area contributed by atoms with Gasteiger partial charge in [-0.05, 0) is 18.4 Å². The fourth-order valence-corrected chi connectivity index (χ4v) is 3.80. The van der Waals surface area contributed by atoms with Crippen LogP contribution in [0, 0.1) is 5.92 Å². The van der Waals surface area contributed by atoms with E-state index in [9.17, 15) is 14.7 Å². The lowest BCUT2D eigenvalue weighted by Crippen LogP contribution is -2.23. The Morgan fingerprint density at radius 2 is 1.37 bits per heavy atom. The summed E-state index contributed by atoms with van der Waals surface area (Å²) in [6.45, 7) is 2.13. The van der Waals surface area contributed by atoms with Crippen LogP contribution in [0.25, 0.3) is 0 Å². The lowest BCUT2D eigenvalue weighted by Gasteiger charge is -2.09. The van der Waals surface area contributed by atoms with Crippen molar-refractivity contribution in [1.82, 2.24) is 5.32 Å². The number of rotatable bonds is 17. The largest absolute Gasteiger partial charge is 0.392 e. The van der Waals surface area contributed by atoms with Crippen LogP contribution in [-0.2, 0) is 9.59 Å². The zero-order valence-electron chi connectivity index (χ0n) is 17.4. The van der Waals surface area contributed by atoms with Gasteiger partial charge in [-0.2, -0.15) is 0 Å². The van der Waals surface area contributed by atoms with Gasteiger partial charge in [-0.25, -0.2) is 0 Å². The van der Waals surface area contributed by atoms with E-state index in [2.05, 4.69) is 12.2 Å². The molecule has 1 saturated heterocycles. The minimum Gasteiger partial charge on any atom is -0.392 e. The number of allylic oxidation sites excluding steroid dienone is 1. The van der Waals surface area contributed by atoms with Gasteiger partial charge in [0.1, 0.15) is 0 Å². The van der Waals surface area contributed by atoms with Gasteiger partial charge in [0.25, 0.3) is 0 Å². The first-order valence-electron chi connectivity index (χ1n) is 11.3. The number of aliphatic hydroxyl groups is 1. The second-order valence-electron chi connectivity index (χ2n) is 7.99. The minimum absolute atomic E-state index is 0.135. The molecule has 1 fully saturated rings. The maximum absolute atomic E-state index is 11.7. The van der Waals surface area contributed by atoms with Crippen molar-refractivity contribution in [3.05, 3.63) is 11.6 Å². The molecule has 0 aliphatic carbocycles. The summed E-state index contributed by atoms with van der Waals surface area (Å²) >= 11 is 0. The van der Waals surface area contributed by atoms with Crippen molar-refractivity contribution in [2.45, 2.75) is 110 Å². The SMILES string of the molecule is CCCCCCCCCCCCCCCCC=C(CO)C1CC(=O)NC1=O. The van der Waals surface area contributed by atoms with Gasteiger partial charge >= 0.3 is 0 Å². The van der Waals surface area contributed by atoms with Gasteiger partial charge in [-0.1, -0.05) is 96.5 Å². The van der Waals surface area contributed by atoms with E-state index in [1.54, 1.807) is 0 Å². The Labute approximate surface area is 166 Å². The van der Waals surface area contributed by atoms with Crippen molar-refractivity contribution >= 4 is 11.8 Å². The molecule has 156 valence electrons. The zero-order chi connectivity index (χ0) is 19.7. The van der Waals surface area contributed by atoms with E-state index in [0.29, 0.717) is 5.57 Å². The third-order valence-electron chi connectivity index (χ3n) is 5.56. The standard InChI is InChI=1S/C23H41NO3/c1-2-3-4-5-6-7-8-9-10-11-12-13-14-15-16-17-20(19-25)21-18-22(26)24-23(21)27/h17,21,25H,2-16,18-19H2,1H3,(H,24,26,27). The van der Waals surface area contributed by atoms with Crippen molar-refractivity contribution in [2.75, 3.05) is 6.61 Å². The summed E-state index contributed by atoms with van der Waals surface area (Å²) in [7, 11) is 0. The molecule has 27 heavy (non-hydrogen) atoms. The number of nitrogens with one attached hydrogen (secondary N) is 1. The molecule has 0 spiro atoms. The second-order valence-corrected chi connectivity index (χ2v) is 7.99. The Hall–Kier alpha value is -1.16. The van der Waals surface area contributed by atoms with Crippen molar-refractivity contribution < 1.29 is 14.7 Å². The van der Waals surface area contributed by atoms with Crippen LogP contribution in [0.5, 0.6) is 0 Å². The number of carbonyl (C=O) groups is 2. The Balaban J connectivity index is 1.92. The summed E-state index contributed by atoms with van der Waals surface area (Å²) in [6, 6.07) is 0. The van der Waals surface area contributed by atoms with E-state index in [-0.39, 0.29) is 24.8 Å². The fraction of sp³-hybridized carbons (Fsp3) is 0.826. The Morgan fingerprint density at radius 1 is 0.889 bits per heavy atom. The molecule has 2 N–H and O–H groups in total. The number of imide groups is 1. The number of unbranched alkanes of at least 4 members (excludes halogenated alkanes) is 14. The number of amides is 2. The molecule has 4 heteroatoms. The molecular weight excluding hydrogens is 338 g/mol. The summed E-state index contributed by atoms with van der Waals surface area (Å²) in [6.07, 6.45) is 21.8. The van der Waals surface area contributed by atoms with Gasteiger partial charge in [0, 0.05) is 6.42 Å². The summed E-state index contributed by atoms with van der Waals surface area (Å²) in [5.41, 5.74) is 0.702. The van der Waals surface area contributed by atoms with E-state index in [1.807, 2.05) is 6.08 Å². The van der Waals surface area contributed by atoms with Crippen LogP contribution < -0.4 is 5.32 Å². The van der Waals surface area contributed by atoms with Gasteiger partial charge in [-0.3, -0.25) is 14.9 Å².